The quantitative estimate of drug-likeness (QED) is 0.772. The molecular formula is C14H16BrFN2O3. The van der Waals surface area contributed by atoms with Crippen molar-refractivity contribution in [3.63, 3.8) is 0 Å². The van der Waals surface area contributed by atoms with Gasteiger partial charge in [0.2, 0.25) is 0 Å². The Kier molecular flexibility index (Phi) is 4.82. The third-order valence-electron chi connectivity index (χ3n) is 3.78. The van der Waals surface area contributed by atoms with Gasteiger partial charge in [-0.1, -0.05) is 12.8 Å². The molecule has 3 N–H and O–H groups in total. The van der Waals surface area contributed by atoms with Gasteiger partial charge in [-0.05, 0) is 47.0 Å². The molecule has 5 nitrogen and oxygen atoms in total. The Bertz CT molecular complexity index is 559. The van der Waals surface area contributed by atoms with Gasteiger partial charge in [0, 0.05) is 11.0 Å². The van der Waals surface area contributed by atoms with Gasteiger partial charge in [0.25, 0.3) is 0 Å². The highest BCUT2D eigenvalue weighted by Crippen LogP contribution is 2.37. The zero-order valence-electron chi connectivity index (χ0n) is 11.3. The minimum Gasteiger partial charge on any atom is -0.481 e. The van der Waals surface area contributed by atoms with Crippen molar-refractivity contribution in [2.45, 2.75) is 25.7 Å². The fraction of sp³-hybridized carbons (Fsp3) is 0.429. The van der Waals surface area contributed by atoms with Crippen LogP contribution in [0.25, 0.3) is 0 Å². The van der Waals surface area contributed by atoms with Gasteiger partial charge >= 0.3 is 12.0 Å². The minimum atomic E-state index is -0.882. The van der Waals surface area contributed by atoms with Gasteiger partial charge in [0.05, 0.1) is 11.1 Å². The molecule has 7 heteroatoms. The van der Waals surface area contributed by atoms with Crippen molar-refractivity contribution in [3.8, 4) is 0 Å². The van der Waals surface area contributed by atoms with Gasteiger partial charge in [0.15, 0.2) is 0 Å². The summed E-state index contributed by atoms with van der Waals surface area (Å²) < 4.78 is 13.7. The predicted octanol–water partition coefficient (Wildman–Crippen LogP) is 3.35. The molecule has 0 aromatic heterocycles. The maximum absolute atomic E-state index is 13.1. The normalized spacial score (nSPS) is 16.5. The summed E-state index contributed by atoms with van der Waals surface area (Å²) in [5, 5.41) is 14.4. The van der Waals surface area contributed by atoms with Crippen molar-refractivity contribution >= 4 is 33.6 Å². The molecular weight excluding hydrogens is 343 g/mol. The van der Waals surface area contributed by atoms with Crippen LogP contribution in [0, 0.1) is 11.2 Å². The molecule has 21 heavy (non-hydrogen) atoms. The summed E-state index contributed by atoms with van der Waals surface area (Å²) in [4.78, 5) is 23.2. The van der Waals surface area contributed by atoms with E-state index in [0.29, 0.717) is 23.0 Å². The van der Waals surface area contributed by atoms with E-state index in [1.807, 2.05) is 0 Å². The molecule has 0 saturated heterocycles. The molecule has 0 spiro atoms. The lowest BCUT2D eigenvalue weighted by Crippen LogP contribution is -2.42. The second-order valence-electron chi connectivity index (χ2n) is 5.22. The summed E-state index contributed by atoms with van der Waals surface area (Å²) in [5.74, 6) is -1.35. The average Bonchev–Trinajstić information content (AvgIpc) is 2.91. The van der Waals surface area contributed by atoms with Crippen LogP contribution in [0.2, 0.25) is 0 Å². The monoisotopic (exact) mass is 358 g/mol. The molecule has 0 bridgehead atoms. The standard InChI is InChI=1S/C14H16BrFN2O3/c15-10-4-3-9(16)7-11(10)18-13(21)17-8-14(12(19)20)5-1-2-6-14/h3-4,7H,1-2,5-6,8H2,(H,19,20)(H2,17,18,21). The number of carbonyl (C=O) groups is 2. The SMILES string of the molecule is O=C(NCC1(C(=O)O)CCCC1)Nc1cc(F)ccc1Br. The summed E-state index contributed by atoms with van der Waals surface area (Å²) in [5.41, 5.74) is -0.584. The Morgan fingerprint density at radius 2 is 2.00 bits per heavy atom. The van der Waals surface area contributed by atoms with Crippen molar-refractivity contribution in [3.05, 3.63) is 28.5 Å². The molecule has 114 valence electrons. The van der Waals surface area contributed by atoms with E-state index in [1.54, 1.807) is 0 Å². The highest BCUT2D eigenvalue weighted by Gasteiger charge is 2.41. The minimum absolute atomic E-state index is 0.0705. The fourth-order valence-corrected chi connectivity index (χ4v) is 2.87. The molecule has 2 amide bonds. The largest absolute Gasteiger partial charge is 0.481 e. The van der Waals surface area contributed by atoms with Crippen molar-refractivity contribution in [1.82, 2.24) is 5.32 Å². The number of hydrogen-bond acceptors (Lipinski definition) is 2. The van der Waals surface area contributed by atoms with Crippen LogP contribution < -0.4 is 10.6 Å². The van der Waals surface area contributed by atoms with Crippen molar-refractivity contribution in [2.24, 2.45) is 5.41 Å². The number of urea groups is 1. The van der Waals surface area contributed by atoms with Crippen LogP contribution in [-0.4, -0.2) is 23.7 Å². The van der Waals surface area contributed by atoms with Crippen LogP contribution in [0.1, 0.15) is 25.7 Å². The summed E-state index contributed by atoms with van der Waals surface area (Å²) in [6, 6.07) is 3.40. The van der Waals surface area contributed by atoms with Crippen LogP contribution in [0.4, 0.5) is 14.9 Å². The Balaban J connectivity index is 1.96. The van der Waals surface area contributed by atoms with Crippen molar-refractivity contribution < 1.29 is 19.1 Å². The van der Waals surface area contributed by atoms with Gasteiger partial charge in [-0.15, -0.1) is 0 Å². The van der Waals surface area contributed by atoms with E-state index in [2.05, 4.69) is 26.6 Å². The number of carboxylic acids is 1. The summed E-state index contributed by atoms with van der Waals surface area (Å²) in [7, 11) is 0. The zero-order chi connectivity index (χ0) is 15.5. The fourth-order valence-electron chi connectivity index (χ4n) is 2.53. The Morgan fingerprint density at radius 3 is 2.62 bits per heavy atom. The van der Waals surface area contributed by atoms with Crippen molar-refractivity contribution in [2.75, 3.05) is 11.9 Å². The molecule has 1 aliphatic carbocycles. The molecule has 2 rings (SSSR count). The van der Waals surface area contributed by atoms with Crippen LogP contribution in [0.3, 0.4) is 0 Å². The molecule has 1 saturated carbocycles. The van der Waals surface area contributed by atoms with Gasteiger partial charge in [-0.25, -0.2) is 9.18 Å². The summed E-state index contributed by atoms with van der Waals surface area (Å²) >= 11 is 3.21. The Morgan fingerprint density at radius 1 is 1.33 bits per heavy atom. The zero-order valence-corrected chi connectivity index (χ0v) is 12.9. The predicted molar refractivity (Wildman–Crippen MR) is 79.7 cm³/mol. The number of nitrogens with one attached hydrogen (secondary N) is 2. The molecule has 1 aliphatic rings. The number of carboxylic acid groups (broad SMARTS) is 1. The van der Waals surface area contributed by atoms with Gasteiger partial charge < -0.3 is 15.7 Å². The lowest BCUT2D eigenvalue weighted by Gasteiger charge is -2.24. The number of benzene rings is 1. The van der Waals surface area contributed by atoms with Crippen molar-refractivity contribution in [1.29, 1.82) is 0 Å². The maximum atomic E-state index is 13.1. The highest BCUT2D eigenvalue weighted by atomic mass is 79.9. The van der Waals surface area contributed by atoms with E-state index in [0.717, 1.165) is 12.8 Å². The topological polar surface area (TPSA) is 78.4 Å². The van der Waals surface area contributed by atoms with E-state index >= 15 is 0 Å². The lowest BCUT2D eigenvalue weighted by atomic mass is 9.86. The van der Waals surface area contributed by atoms with Crippen LogP contribution in [0.5, 0.6) is 0 Å². The third-order valence-corrected chi connectivity index (χ3v) is 4.47. The van der Waals surface area contributed by atoms with E-state index in [-0.39, 0.29) is 6.54 Å². The van der Waals surface area contributed by atoms with E-state index < -0.39 is 23.2 Å². The number of anilines is 1. The molecule has 1 aromatic carbocycles. The first-order chi connectivity index (χ1) is 9.93. The number of aliphatic carboxylic acids is 1. The van der Waals surface area contributed by atoms with Gasteiger partial charge in [-0.2, -0.15) is 0 Å². The first-order valence-electron chi connectivity index (χ1n) is 6.66. The van der Waals surface area contributed by atoms with Crippen LogP contribution in [0.15, 0.2) is 22.7 Å². The third kappa shape index (κ3) is 3.72. The van der Waals surface area contributed by atoms with E-state index in [9.17, 15) is 19.1 Å². The van der Waals surface area contributed by atoms with E-state index in [4.69, 9.17) is 0 Å². The molecule has 0 heterocycles. The molecule has 1 aromatic rings. The number of hydrogen-bond donors (Lipinski definition) is 3. The second kappa shape index (κ2) is 6.43. The van der Waals surface area contributed by atoms with E-state index in [1.165, 1.54) is 18.2 Å². The first-order valence-corrected chi connectivity index (χ1v) is 7.46. The molecule has 0 atom stereocenters. The van der Waals surface area contributed by atoms with Crippen LogP contribution >= 0.6 is 15.9 Å². The number of halogens is 2. The average molecular weight is 359 g/mol. The van der Waals surface area contributed by atoms with Gasteiger partial charge in [-0.3, -0.25) is 4.79 Å². The molecule has 1 fully saturated rings. The van der Waals surface area contributed by atoms with Gasteiger partial charge in [0.1, 0.15) is 5.82 Å². The second-order valence-corrected chi connectivity index (χ2v) is 6.08. The lowest BCUT2D eigenvalue weighted by molar-refractivity contribution is -0.148. The Hall–Kier alpha value is -1.63. The number of amides is 2. The number of rotatable bonds is 4. The molecule has 0 unspecified atom stereocenters. The first kappa shape index (κ1) is 15.8. The highest BCUT2D eigenvalue weighted by molar-refractivity contribution is 9.10. The Labute approximate surface area is 130 Å². The maximum Gasteiger partial charge on any atom is 0.319 e. The summed E-state index contributed by atoms with van der Waals surface area (Å²) in [6.07, 6.45) is 2.83. The smallest absolute Gasteiger partial charge is 0.319 e. The summed E-state index contributed by atoms with van der Waals surface area (Å²) in [6.45, 7) is 0.0705. The van der Waals surface area contributed by atoms with Crippen LogP contribution in [-0.2, 0) is 4.79 Å². The molecule has 0 radical (unpaired) electrons. The molecule has 0 aliphatic heterocycles. The number of carbonyl (C=O) groups excluding carboxylic acids is 1.